The van der Waals surface area contributed by atoms with Gasteiger partial charge < -0.3 is 9.80 Å². The van der Waals surface area contributed by atoms with Crippen LogP contribution in [0.2, 0.25) is 0 Å². The van der Waals surface area contributed by atoms with Crippen LogP contribution in [-0.2, 0) is 0 Å². The van der Waals surface area contributed by atoms with E-state index in [-0.39, 0.29) is 0 Å². The number of nitrogens with zero attached hydrogens (tertiary/aromatic N) is 3. The van der Waals surface area contributed by atoms with Gasteiger partial charge in [-0.25, -0.2) is 0 Å². The van der Waals surface area contributed by atoms with E-state index >= 15 is 0 Å². The maximum absolute atomic E-state index is 4.54. The second-order valence-electron chi connectivity index (χ2n) is 4.77. The summed E-state index contributed by atoms with van der Waals surface area (Å²) in [5.74, 6) is 0. The van der Waals surface area contributed by atoms with Gasteiger partial charge in [0.1, 0.15) is 0 Å². The normalized spacial score (nSPS) is 17.3. The molecule has 2 heterocycles. The maximum Gasteiger partial charge on any atom is 0.0935 e. The number of piperazine rings is 1. The second-order valence-corrected chi connectivity index (χ2v) is 4.77. The number of aromatic nitrogens is 1. The van der Waals surface area contributed by atoms with E-state index in [4.69, 9.17) is 0 Å². The highest BCUT2D eigenvalue weighted by atomic mass is 15.3. The summed E-state index contributed by atoms with van der Waals surface area (Å²) in [5, 5.41) is 1.23. The smallest absolute Gasteiger partial charge is 0.0935 e. The Balaban J connectivity index is 1.91. The highest BCUT2D eigenvalue weighted by Crippen LogP contribution is 2.25. The van der Waals surface area contributed by atoms with E-state index in [1.165, 1.54) is 11.1 Å². The first-order valence-corrected chi connectivity index (χ1v) is 6.69. The number of likely N-dealkylation sites (N-methyl/N-ethyl adjacent to an activating group) is 1. The molecule has 0 bridgehead atoms. The zero-order valence-electron chi connectivity index (χ0n) is 10.8. The Kier molecular flexibility index (Phi) is 3.15. The van der Waals surface area contributed by atoms with Crippen molar-refractivity contribution < 1.29 is 0 Å². The van der Waals surface area contributed by atoms with E-state index in [0.29, 0.717) is 0 Å². The minimum absolute atomic E-state index is 1.10. The molecule has 3 nitrogen and oxygen atoms in total. The van der Waals surface area contributed by atoms with Gasteiger partial charge in [-0.2, -0.15) is 0 Å². The van der Waals surface area contributed by atoms with Crippen LogP contribution < -0.4 is 4.90 Å². The maximum atomic E-state index is 4.54. The summed E-state index contributed by atoms with van der Waals surface area (Å²) >= 11 is 0. The second kappa shape index (κ2) is 4.94. The number of fused-ring (bicyclic) bond motifs is 1. The molecule has 1 fully saturated rings. The quantitative estimate of drug-likeness (QED) is 0.804. The number of para-hydroxylation sites is 1. The van der Waals surface area contributed by atoms with Crippen LogP contribution >= 0.6 is 0 Å². The van der Waals surface area contributed by atoms with Gasteiger partial charge in [-0.05, 0) is 18.7 Å². The molecule has 0 N–H and O–H groups in total. The Morgan fingerprint density at radius 1 is 1.06 bits per heavy atom. The fraction of sp³-hybridized carbons (Fsp3) is 0.400. The summed E-state index contributed by atoms with van der Waals surface area (Å²) in [6, 6.07) is 10.6. The zero-order chi connectivity index (χ0) is 12.4. The van der Waals surface area contributed by atoms with Crippen LogP contribution in [-0.4, -0.2) is 42.6 Å². The first-order valence-electron chi connectivity index (χ1n) is 6.69. The molecule has 0 amide bonds. The molecule has 0 radical (unpaired) electrons. The lowest BCUT2D eigenvalue weighted by Crippen LogP contribution is -2.46. The van der Waals surface area contributed by atoms with Gasteiger partial charge in [-0.15, -0.1) is 0 Å². The van der Waals surface area contributed by atoms with Crippen LogP contribution in [0.1, 0.15) is 6.92 Å². The van der Waals surface area contributed by atoms with Crippen molar-refractivity contribution in [2.24, 2.45) is 0 Å². The summed E-state index contributed by atoms with van der Waals surface area (Å²) in [5.41, 5.74) is 2.41. The van der Waals surface area contributed by atoms with Crippen molar-refractivity contribution in [2.75, 3.05) is 37.6 Å². The molecule has 0 atom stereocenters. The van der Waals surface area contributed by atoms with Crippen molar-refractivity contribution in [1.82, 2.24) is 9.88 Å². The van der Waals surface area contributed by atoms with E-state index in [9.17, 15) is 0 Å². The van der Waals surface area contributed by atoms with Crippen LogP contribution in [0, 0.1) is 0 Å². The summed E-state index contributed by atoms with van der Waals surface area (Å²) in [6.07, 6.45) is 1.88. The lowest BCUT2D eigenvalue weighted by atomic mass is 10.1. The third-order valence-electron chi connectivity index (χ3n) is 3.77. The minimum Gasteiger partial charge on any atom is -0.367 e. The Labute approximate surface area is 108 Å². The number of pyridine rings is 1. The Hall–Kier alpha value is -1.61. The topological polar surface area (TPSA) is 19.4 Å². The largest absolute Gasteiger partial charge is 0.367 e. The number of anilines is 1. The van der Waals surface area contributed by atoms with Crippen molar-refractivity contribution in [3.63, 3.8) is 0 Å². The average Bonchev–Trinajstić information content (AvgIpc) is 2.47. The molecule has 94 valence electrons. The summed E-state index contributed by atoms with van der Waals surface area (Å²) in [7, 11) is 0. The van der Waals surface area contributed by atoms with Crippen molar-refractivity contribution in [1.29, 1.82) is 0 Å². The number of benzene rings is 1. The third-order valence-corrected chi connectivity index (χ3v) is 3.77. The van der Waals surface area contributed by atoms with Gasteiger partial charge >= 0.3 is 0 Å². The van der Waals surface area contributed by atoms with Gasteiger partial charge in [0.25, 0.3) is 0 Å². The highest BCUT2D eigenvalue weighted by Gasteiger charge is 2.17. The monoisotopic (exact) mass is 241 g/mol. The van der Waals surface area contributed by atoms with Crippen molar-refractivity contribution in [3.05, 3.63) is 36.5 Å². The first kappa shape index (κ1) is 11.5. The Morgan fingerprint density at radius 2 is 1.83 bits per heavy atom. The van der Waals surface area contributed by atoms with Gasteiger partial charge in [0.05, 0.1) is 11.2 Å². The fourth-order valence-electron chi connectivity index (χ4n) is 2.65. The van der Waals surface area contributed by atoms with Crippen molar-refractivity contribution >= 4 is 16.6 Å². The summed E-state index contributed by atoms with van der Waals surface area (Å²) < 4.78 is 0. The predicted molar refractivity (Wildman–Crippen MR) is 76.1 cm³/mol. The molecule has 1 aromatic heterocycles. The molecule has 1 saturated heterocycles. The van der Waals surface area contributed by atoms with Gasteiger partial charge in [0.2, 0.25) is 0 Å². The minimum atomic E-state index is 1.10. The lowest BCUT2D eigenvalue weighted by molar-refractivity contribution is 0.271. The molecule has 0 saturated carbocycles. The molecule has 1 aliphatic heterocycles. The predicted octanol–water partition coefficient (Wildman–Crippen LogP) is 2.38. The molecule has 1 aromatic carbocycles. The zero-order valence-corrected chi connectivity index (χ0v) is 10.8. The van der Waals surface area contributed by atoms with Crippen LogP contribution in [0.4, 0.5) is 5.69 Å². The lowest BCUT2D eigenvalue weighted by Gasteiger charge is -2.35. The van der Waals surface area contributed by atoms with E-state index in [0.717, 1.165) is 38.2 Å². The molecule has 3 rings (SSSR count). The van der Waals surface area contributed by atoms with Gasteiger partial charge in [-0.1, -0.05) is 25.1 Å². The molecule has 2 aromatic rings. The number of hydrogen-bond donors (Lipinski definition) is 0. The molecule has 18 heavy (non-hydrogen) atoms. The fourth-order valence-corrected chi connectivity index (χ4v) is 2.65. The summed E-state index contributed by atoms with van der Waals surface area (Å²) in [6.45, 7) is 7.89. The van der Waals surface area contributed by atoms with E-state index < -0.39 is 0 Å². The highest BCUT2D eigenvalue weighted by molar-refractivity contribution is 5.90. The number of hydrogen-bond acceptors (Lipinski definition) is 3. The molecule has 3 heteroatoms. The standard InChI is InChI=1S/C15H19N3/c1-2-17-9-11-18(12-10-17)14-7-3-5-13-6-4-8-16-15(13)14/h3-8H,2,9-12H2,1H3. The Morgan fingerprint density at radius 3 is 2.61 bits per heavy atom. The van der Waals surface area contributed by atoms with Gasteiger partial charge in [-0.3, -0.25) is 4.98 Å². The Bertz CT molecular complexity index is 525. The van der Waals surface area contributed by atoms with E-state index in [1.54, 1.807) is 0 Å². The molecular formula is C15H19N3. The molecular weight excluding hydrogens is 222 g/mol. The molecule has 0 unspecified atom stereocenters. The SMILES string of the molecule is CCN1CCN(c2cccc3cccnc23)CC1. The van der Waals surface area contributed by atoms with E-state index in [2.05, 4.69) is 46.0 Å². The van der Waals surface area contributed by atoms with E-state index in [1.807, 2.05) is 12.3 Å². The van der Waals surface area contributed by atoms with Crippen molar-refractivity contribution in [2.45, 2.75) is 6.92 Å². The van der Waals surface area contributed by atoms with Crippen LogP contribution in [0.25, 0.3) is 10.9 Å². The van der Waals surface area contributed by atoms with Gasteiger partial charge in [0, 0.05) is 37.8 Å². The molecule has 1 aliphatic rings. The number of rotatable bonds is 2. The third kappa shape index (κ3) is 2.06. The molecule has 0 spiro atoms. The van der Waals surface area contributed by atoms with Gasteiger partial charge in [0.15, 0.2) is 0 Å². The average molecular weight is 241 g/mol. The molecule has 0 aliphatic carbocycles. The van der Waals surface area contributed by atoms with Crippen LogP contribution in [0.15, 0.2) is 36.5 Å². The van der Waals surface area contributed by atoms with Crippen molar-refractivity contribution in [3.8, 4) is 0 Å². The van der Waals surface area contributed by atoms with Crippen LogP contribution in [0.5, 0.6) is 0 Å². The summed E-state index contributed by atoms with van der Waals surface area (Å²) in [4.78, 5) is 9.50. The van der Waals surface area contributed by atoms with Crippen LogP contribution in [0.3, 0.4) is 0 Å². The first-order chi connectivity index (χ1) is 8.88.